The summed E-state index contributed by atoms with van der Waals surface area (Å²) in [4.78, 5) is 10.3. The van der Waals surface area contributed by atoms with Gasteiger partial charge in [0, 0.05) is 23.3 Å². The van der Waals surface area contributed by atoms with Gasteiger partial charge in [0.1, 0.15) is 5.82 Å². The predicted molar refractivity (Wildman–Crippen MR) is 64.6 cm³/mol. The van der Waals surface area contributed by atoms with Gasteiger partial charge in [-0.25, -0.2) is 0 Å². The molecule has 0 atom stereocenters. The quantitative estimate of drug-likeness (QED) is 0.612. The largest absolute Gasteiger partial charge is 0.382 e. The first-order chi connectivity index (χ1) is 8.00. The summed E-state index contributed by atoms with van der Waals surface area (Å²) in [6.07, 6.45) is 0. The van der Waals surface area contributed by atoms with Crippen LogP contribution in [0.1, 0.15) is 11.1 Å². The van der Waals surface area contributed by atoms with Crippen molar-refractivity contribution in [1.29, 1.82) is 0 Å². The van der Waals surface area contributed by atoms with Crippen molar-refractivity contribution in [2.45, 2.75) is 13.8 Å². The first-order valence-electron chi connectivity index (χ1n) is 5.06. The highest BCUT2D eigenvalue weighted by Crippen LogP contribution is 2.30. The summed E-state index contributed by atoms with van der Waals surface area (Å²) in [5.74, 6) is 0.408. The van der Waals surface area contributed by atoms with Gasteiger partial charge in [0.2, 0.25) is 0 Å². The number of nitro groups is 1. The number of hydrogen-bond acceptors (Lipinski definition) is 4. The molecule has 6 nitrogen and oxygen atoms in total. The Morgan fingerprint density at radius 1 is 1.41 bits per heavy atom. The third-order valence-corrected chi connectivity index (χ3v) is 2.75. The summed E-state index contributed by atoms with van der Waals surface area (Å²) in [7, 11) is 0. The maximum absolute atomic E-state index is 10.7. The van der Waals surface area contributed by atoms with E-state index in [1.807, 2.05) is 13.8 Å². The van der Waals surface area contributed by atoms with E-state index in [1.165, 1.54) is 12.1 Å². The maximum Gasteiger partial charge on any atom is 0.270 e. The SMILES string of the molecule is Cc1ccc([N+](=O)[O-])cc1-c1[nH]nc(N)c1C. The molecule has 17 heavy (non-hydrogen) atoms. The molecular formula is C11H12N4O2. The predicted octanol–water partition coefficient (Wildman–Crippen LogP) is 2.18. The number of non-ortho nitro benzene ring substituents is 1. The highest BCUT2D eigenvalue weighted by atomic mass is 16.6. The number of benzene rings is 1. The zero-order valence-electron chi connectivity index (χ0n) is 9.52. The van der Waals surface area contributed by atoms with Crippen molar-refractivity contribution < 1.29 is 4.92 Å². The number of nitrogens with one attached hydrogen (secondary N) is 1. The second kappa shape index (κ2) is 3.89. The van der Waals surface area contributed by atoms with Crippen LogP contribution in [0.2, 0.25) is 0 Å². The van der Waals surface area contributed by atoms with Crippen LogP contribution in [0.25, 0.3) is 11.3 Å². The van der Waals surface area contributed by atoms with Crippen LogP contribution >= 0.6 is 0 Å². The molecule has 0 aliphatic rings. The van der Waals surface area contributed by atoms with Gasteiger partial charge in [-0.1, -0.05) is 6.07 Å². The molecular weight excluding hydrogens is 220 g/mol. The number of anilines is 1. The summed E-state index contributed by atoms with van der Waals surface area (Å²) < 4.78 is 0. The second-order valence-electron chi connectivity index (χ2n) is 3.87. The molecule has 0 fully saturated rings. The average molecular weight is 232 g/mol. The van der Waals surface area contributed by atoms with E-state index in [2.05, 4.69) is 10.2 Å². The molecule has 1 heterocycles. The van der Waals surface area contributed by atoms with Gasteiger partial charge >= 0.3 is 0 Å². The van der Waals surface area contributed by atoms with E-state index in [0.717, 1.165) is 22.4 Å². The molecule has 6 heteroatoms. The fourth-order valence-electron chi connectivity index (χ4n) is 1.67. The van der Waals surface area contributed by atoms with Gasteiger partial charge in [0.25, 0.3) is 5.69 Å². The van der Waals surface area contributed by atoms with Crippen molar-refractivity contribution >= 4 is 11.5 Å². The van der Waals surface area contributed by atoms with Crippen LogP contribution in [0, 0.1) is 24.0 Å². The van der Waals surface area contributed by atoms with Crippen molar-refractivity contribution in [2.75, 3.05) is 5.73 Å². The Bertz CT molecular complexity index is 589. The molecule has 2 rings (SSSR count). The maximum atomic E-state index is 10.7. The van der Waals surface area contributed by atoms with E-state index < -0.39 is 4.92 Å². The van der Waals surface area contributed by atoms with Crippen LogP contribution in [0.4, 0.5) is 11.5 Å². The zero-order valence-corrected chi connectivity index (χ0v) is 9.52. The van der Waals surface area contributed by atoms with Crippen molar-refractivity contribution in [2.24, 2.45) is 0 Å². The fourth-order valence-corrected chi connectivity index (χ4v) is 1.67. The molecule has 0 bridgehead atoms. The summed E-state index contributed by atoms with van der Waals surface area (Å²) in [5, 5.41) is 17.4. The molecule has 3 N–H and O–H groups in total. The van der Waals surface area contributed by atoms with Crippen LogP contribution < -0.4 is 5.73 Å². The van der Waals surface area contributed by atoms with Crippen molar-refractivity contribution in [1.82, 2.24) is 10.2 Å². The summed E-state index contributed by atoms with van der Waals surface area (Å²) in [5.41, 5.74) is 8.91. The van der Waals surface area contributed by atoms with Gasteiger partial charge in [0.15, 0.2) is 0 Å². The van der Waals surface area contributed by atoms with Gasteiger partial charge < -0.3 is 5.73 Å². The van der Waals surface area contributed by atoms with E-state index in [9.17, 15) is 10.1 Å². The third-order valence-electron chi connectivity index (χ3n) is 2.75. The Morgan fingerprint density at radius 2 is 2.12 bits per heavy atom. The topological polar surface area (TPSA) is 97.8 Å². The van der Waals surface area contributed by atoms with Crippen LogP contribution in [0.3, 0.4) is 0 Å². The Balaban J connectivity index is 2.62. The Hall–Kier alpha value is -2.37. The smallest absolute Gasteiger partial charge is 0.270 e. The number of nitrogens with zero attached hydrogens (tertiary/aromatic N) is 2. The lowest BCUT2D eigenvalue weighted by molar-refractivity contribution is -0.384. The summed E-state index contributed by atoms with van der Waals surface area (Å²) >= 11 is 0. The molecule has 0 spiro atoms. The normalized spacial score (nSPS) is 10.5. The third kappa shape index (κ3) is 1.84. The molecule has 0 saturated carbocycles. The highest BCUT2D eigenvalue weighted by molar-refractivity contribution is 5.72. The molecule has 0 aliphatic heterocycles. The van der Waals surface area contributed by atoms with Gasteiger partial charge in [-0.2, -0.15) is 5.10 Å². The Labute approximate surface area is 97.6 Å². The summed E-state index contributed by atoms with van der Waals surface area (Å²) in [6.45, 7) is 3.71. The average Bonchev–Trinajstić information content (AvgIpc) is 2.60. The number of H-pyrrole nitrogens is 1. The molecule has 0 unspecified atom stereocenters. The van der Waals surface area contributed by atoms with Gasteiger partial charge in [-0.05, 0) is 19.4 Å². The fraction of sp³-hybridized carbons (Fsp3) is 0.182. The molecule has 1 aromatic carbocycles. The number of aromatic amines is 1. The number of hydrogen-bond donors (Lipinski definition) is 2. The van der Waals surface area contributed by atoms with Gasteiger partial charge in [-0.15, -0.1) is 0 Å². The molecule has 0 aliphatic carbocycles. The van der Waals surface area contributed by atoms with Crippen LogP contribution in [-0.4, -0.2) is 15.1 Å². The van der Waals surface area contributed by atoms with E-state index in [-0.39, 0.29) is 5.69 Å². The number of rotatable bonds is 2. The second-order valence-corrected chi connectivity index (χ2v) is 3.87. The lowest BCUT2D eigenvalue weighted by Gasteiger charge is -2.04. The Morgan fingerprint density at radius 3 is 2.65 bits per heavy atom. The van der Waals surface area contributed by atoms with Gasteiger partial charge in [-0.3, -0.25) is 15.2 Å². The number of aromatic nitrogens is 2. The first-order valence-corrected chi connectivity index (χ1v) is 5.06. The molecule has 2 aromatic rings. The number of aryl methyl sites for hydroxylation is 1. The molecule has 0 amide bonds. The van der Waals surface area contributed by atoms with E-state index >= 15 is 0 Å². The van der Waals surface area contributed by atoms with Crippen molar-refractivity contribution in [3.63, 3.8) is 0 Å². The number of nitrogens with two attached hydrogens (primary N) is 1. The molecule has 0 radical (unpaired) electrons. The molecule has 0 saturated heterocycles. The number of nitrogen functional groups attached to an aromatic ring is 1. The van der Waals surface area contributed by atoms with Crippen LogP contribution in [-0.2, 0) is 0 Å². The highest BCUT2D eigenvalue weighted by Gasteiger charge is 2.14. The minimum atomic E-state index is -0.419. The van der Waals surface area contributed by atoms with Gasteiger partial charge in [0.05, 0.1) is 10.6 Å². The van der Waals surface area contributed by atoms with Crippen LogP contribution in [0.15, 0.2) is 18.2 Å². The van der Waals surface area contributed by atoms with Crippen molar-refractivity contribution in [3.8, 4) is 11.3 Å². The zero-order chi connectivity index (χ0) is 12.6. The molecule has 88 valence electrons. The van der Waals surface area contributed by atoms with E-state index in [0.29, 0.717) is 5.82 Å². The monoisotopic (exact) mass is 232 g/mol. The molecule has 1 aromatic heterocycles. The van der Waals surface area contributed by atoms with E-state index in [1.54, 1.807) is 6.07 Å². The number of nitro benzene ring substituents is 1. The van der Waals surface area contributed by atoms with E-state index in [4.69, 9.17) is 5.73 Å². The Kier molecular flexibility index (Phi) is 2.55. The van der Waals surface area contributed by atoms with Crippen LogP contribution in [0.5, 0.6) is 0 Å². The first kappa shape index (κ1) is 11.1. The minimum absolute atomic E-state index is 0.0539. The minimum Gasteiger partial charge on any atom is -0.382 e. The standard InChI is InChI=1S/C11H12N4O2/c1-6-3-4-8(15(16)17)5-9(6)10-7(2)11(12)14-13-10/h3-5H,1-2H3,(H3,12,13,14). The van der Waals surface area contributed by atoms with Crippen molar-refractivity contribution in [3.05, 3.63) is 39.4 Å². The lowest BCUT2D eigenvalue weighted by atomic mass is 10.0. The lowest BCUT2D eigenvalue weighted by Crippen LogP contribution is -1.92. The summed E-state index contributed by atoms with van der Waals surface area (Å²) in [6, 6.07) is 4.72.